The molecule has 0 aliphatic carbocycles. The predicted molar refractivity (Wildman–Crippen MR) is 88.9 cm³/mol. The van der Waals surface area contributed by atoms with E-state index in [2.05, 4.69) is 4.72 Å². The van der Waals surface area contributed by atoms with Crippen molar-refractivity contribution in [2.24, 2.45) is 0 Å². The van der Waals surface area contributed by atoms with Crippen LogP contribution in [0.3, 0.4) is 0 Å². The molecule has 0 radical (unpaired) electrons. The molecule has 0 saturated carbocycles. The number of hydrogen-bond acceptors (Lipinski definition) is 4. The Bertz CT molecular complexity index is 865. The summed E-state index contributed by atoms with van der Waals surface area (Å²) in [6, 6.07) is 11.0. The zero-order chi connectivity index (χ0) is 17.6. The lowest BCUT2D eigenvalue weighted by Gasteiger charge is -2.07. The van der Waals surface area contributed by atoms with Crippen LogP contribution in [-0.2, 0) is 15.8 Å². The molecule has 126 valence electrons. The maximum atomic E-state index is 13.4. The zero-order valence-corrected chi connectivity index (χ0v) is 14.1. The molecule has 0 fully saturated rings. The number of benzene rings is 2. The lowest BCUT2D eigenvalue weighted by molar-refractivity contribution is 0.583. The van der Waals surface area contributed by atoms with Crippen molar-refractivity contribution >= 4 is 21.8 Å². The van der Waals surface area contributed by atoms with Crippen molar-refractivity contribution in [2.45, 2.75) is 10.6 Å². The maximum Gasteiger partial charge on any atom is 0.240 e. The number of nitrogens with zero attached hydrogens (tertiary/aromatic N) is 1. The van der Waals surface area contributed by atoms with Gasteiger partial charge in [-0.3, -0.25) is 0 Å². The topological polar surface area (TPSA) is 70.0 Å². The Balaban J connectivity index is 1.87. The first-order valence-corrected chi connectivity index (χ1v) is 9.58. The number of sulfonamides is 1. The first-order chi connectivity index (χ1) is 11.4. The summed E-state index contributed by atoms with van der Waals surface area (Å²) in [7, 11) is -3.82. The van der Waals surface area contributed by atoms with Crippen LogP contribution in [0.25, 0.3) is 0 Å². The molecule has 2 aromatic carbocycles. The SMILES string of the molecule is N#Cc1cc(S(=O)(=O)NCCSCc2ccccc2F)ccc1F. The molecule has 2 aromatic rings. The standard InChI is InChI=1S/C16H14F2N2O2S2/c17-15-4-2-1-3-12(15)11-23-8-7-20-24(21,22)14-5-6-16(18)13(9-14)10-19/h1-6,9,20H,7-8,11H2. The number of nitrogens with one attached hydrogen (secondary N) is 1. The molecule has 0 atom stereocenters. The second-order valence-electron chi connectivity index (χ2n) is 4.80. The summed E-state index contributed by atoms with van der Waals surface area (Å²) < 4.78 is 53.2. The molecule has 0 heterocycles. The van der Waals surface area contributed by atoms with E-state index in [1.165, 1.54) is 17.8 Å². The van der Waals surface area contributed by atoms with Gasteiger partial charge < -0.3 is 0 Å². The predicted octanol–water partition coefficient (Wildman–Crippen LogP) is 3.05. The molecule has 24 heavy (non-hydrogen) atoms. The van der Waals surface area contributed by atoms with Gasteiger partial charge in [0.2, 0.25) is 10.0 Å². The second-order valence-corrected chi connectivity index (χ2v) is 7.67. The Hall–Kier alpha value is -1.95. The van der Waals surface area contributed by atoms with Crippen molar-refractivity contribution in [2.75, 3.05) is 12.3 Å². The van der Waals surface area contributed by atoms with Crippen LogP contribution in [0.4, 0.5) is 8.78 Å². The lowest BCUT2D eigenvalue weighted by atomic mass is 10.2. The van der Waals surface area contributed by atoms with Gasteiger partial charge in [-0.15, -0.1) is 0 Å². The summed E-state index contributed by atoms with van der Waals surface area (Å²) in [4.78, 5) is -0.167. The fourth-order valence-electron chi connectivity index (χ4n) is 1.89. The quantitative estimate of drug-likeness (QED) is 0.763. The summed E-state index contributed by atoms with van der Waals surface area (Å²) in [5.41, 5.74) is 0.231. The molecule has 0 aromatic heterocycles. The van der Waals surface area contributed by atoms with Gasteiger partial charge in [-0.25, -0.2) is 21.9 Å². The highest BCUT2D eigenvalue weighted by atomic mass is 32.2. The molecule has 0 aliphatic heterocycles. The Kier molecular flexibility index (Phi) is 6.31. The van der Waals surface area contributed by atoms with Crippen molar-refractivity contribution in [3.05, 3.63) is 65.2 Å². The summed E-state index contributed by atoms with van der Waals surface area (Å²) in [6.45, 7) is 0.140. The van der Waals surface area contributed by atoms with E-state index in [1.54, 1.807) is 24.3 Å². The fourth-order valence-corrected chi connectivity index (χ4v) is 3.92. The Morgan fingerprint density at radius 1 is 1.12 bits per heavy atom. The van der Waals surface area contributed by atoms with E-state index in [0.29, 0.717) is 17.1 Å². The average molecular weight is 368 g/mol. The van der Waals surface area contributed by atoms with Gasteiger partial charge in [-0.05, 0) is 29.8 Å². The zero-order valence-electron chi connectivity index (χ0n) is 12.5. The van der Waals surface area contributed by atoms with Crippen LogP contribution < -0.4 is 4.72 Å². The number of nitriles is 1. The van der Waals surface area contributed by atoms with E-state index in [1.807, 2.05) is 0 Å². The van der Waals surface area contributed by atoms with Crippen LogP contribution in [-0.4, -0.2) is 20.7 Å². The van der Waals surface area contributed by atoms with Gasteiger partial charge in [0.15, 0.2) is 0 Å². The van der Waals surface area contributed by atoms with Crippen LogP contribution in [0.2, 0.25) is 0 Å². The molecular weight excluding hydrogens is 354 g/mol. The lowest BCUT2D eigenvalue weighted by Crippen LogP contribution is -2.26. The molecule has 0 spiro atoms. The normalized spacial score (nSPS) is 11.2. The molecule has 0 saturated heterocycles. The third-order valence-electron chi connectivity index (χ3n) is 3.12. The van der Waals surface area contributed by atoms with Gasteiger partial charge in [0.1, 0.15) is 17.7 Å². The van der Waals surface area contributed by atoms with Crippen molar-refractivity contribution in [3.8, 4) is 6.07 Å². The highest BCUT2D eigenvalue weighted by Gasteiger charge is 2.15. The fraction of sp³-hybridized carbons (Fsp3) is 0.188. The maximum absolute atomic E-state index is 13.4. The van der Waals surface area contributed by atoms with E-state index < -0.39 is 15.8 Å². The smallest absolute Gasteiger partial charge is 0.210 e. The minimum atomic E-state index is -3.82. The number of hydrogen-bond donors (Lipinski definition) is 1. The van der Waals surface area contributed by atoms with E-state index in [4.69, 9.17) is 5.26 Å². The van der Waals surface area contributed by atoms with Crippen LogP contribution in [0.1, 0.15) is 11.1 Å². The first-order valence-electron chi connectivity index (χ1n) is 6.94. The van der Waals surface area contributed by atoms with Gasteiger partial charge in [0.25, 0.3) is 0 Å². The van der Waals surface area contributed by atoms with Crippen LogP contribution in [0, 0.1) is 23.0 Å². The van der Waals surface area contributed by atoms with E-state index in [-0.39, 0.29) is 22.8 Å². The number of rotatable bonds is 7. The summed E-state index contributed by atoms with van der Waals surface area (Å²) in [5.74, 6) is -0.179. The molecule has 8 heteroatoms. The monoisotopic (exact) mass is 368 g/mol. The Morgan fingerprint density at radius 2 is 1.88 bits per heavy atom. The highest BCUT2D eigenvalue weighted by Crippen LogP contribution is 2.16. The van der Waals surface area contributed by atoms with Crippen molar-refractivity contribution in [3.63, 3.8) is 0 Å². The number of halogens is 2. The molecule has 4 nitrogen and oxygen atoms in total. The van der Waals surface area contributed by atoms with Crippen molar-refractivity contribution < 1.29 is 17.2 Å². The van der Waals surface area contributed by atoms with Crippen molar-refractivity contribution in [1.29, 1.82) is 5.26 Å². The minimum Gasteiger partial charge on any atom is -0.210 e. The van der Waals surface area contributed by atoms with Gasteiger partial charge in [-0.2, -0.15) is 17.0 Å². The number of thioether (sulfide) groups is 1. The highest BCUT2D eigenvalue weighted by molar-refractivity contribution is 7.98. The van der Waals surface area contributed by atoms with Crippen LogP contribution in [0.15, 0.2) is 47.4 Å². The van der Waals surface area contributed by atoms with Gasteiger partial charge in [-0.1, -0.05) is 18.2 Å². The Morgan fingerprint density at radius 3 is 2.58 bits per heavy atom. The molecular formula is C16H14F2N2O2S2. The van der Waals surface area contributed by atoms with Crippen LogP contribution >= 0.6 is 11.8 Å². The van der Waals surface area contributed by atoms with Gasteiger partial charge in [0.05, 0.1) is 10.5 Å². The molecule has 0 aliphatic rings. The molecule has 0 unspecified atom stereocenters. The summed E-state index contributed by atoms with van der Waals surface area (Å²) >= 11 is 1.39. The van der Waals surface area contributed by atoms with E-state index >= 15 is 0 Å². The van der Waals surface area contributed by atoms with Gasteiger partial charge in [0, 0.05) is 18.1 Å². The minimum absolute atomic E-state index is 0.140. The third-order valence-corrected chi connectivity index (χ3v) is 5.59. The second kappa shape index (κ2) is 8.24. The van der Waals surface area contributed by atoms with E-state index in [0.717, 1.165) is 18.2 Å². The van der Waals surface area contributed by atoms with Gasteiger partial charge >= 0.3 is 0 Å². The largest absolute Gasteiger partial charge is 0.240 e. The third kappa shape index (κ3) is 4.77. The first kappa shape index (κ1) is 18.4. The molecule has 2 rings (SSSR count). The van der Waals surface area contributed by atoms with E-state index in [9.17, 15) is 17.2 Å². The summed E-state index contributed by atoms with van der Waals surface area (Å²) in [6.07, 6.45) is 0. The van der Waals surface area contributed by atoms with Crippen LogP contribution in [0.5, 0.6) is 0 Å². The Labute approximate surface area is 143 Å². The molecule has 1 N–H and O–H groups in total. The van der Waals surface area contributed by atoms with Crippen molar-refractivity contribution in [1.82, 2.24) is 4.72 Å². The molecule has 0 amide bonds. The average Bonchev–Trinajstić information content (AvgIpc) is 2.56. The molecule has 0 bridgehead atoms. The summed E-state index contributed by atoms with van der Waals surface area (Å²) in [5, 5.41) is 8.75.